The van der Waals surface area contributed by atoms with Gasteiger partial charge in [0.1, 0.15) is 21.3 Å². The van der Waals surface area contributed by atoms with Gasteiger partial charge in [0, 0.05) is 36.8 Å². The number of amides is 1. The van der Waals surface area contributed by atoms with Crippen LogP contribution in [0, 0.1) is 18.6 Å². The van der Waals surface area contributed by atoms with Crippen molar-refractivity contribution in [2.45, 2.75) is 26.4 Å². The molecule has 2 heterocycles. The molecular formula is C24H19F2N3O4S. The van der Waals surface area contributed by atoms with E-state index in [1.165, 1.54) is 47.0 Å². The van der Waals surface area contributed by atoms with Crippen LogP contribution in [0.2, 0.25) is 0 Å². The van der Waals surface area contributed by atoms with Crippen molar-refractivity contribution in [1.29, 1.82) is 0 Å². The fourth-order valence-corrected chi connectivity index (χ4v) is 4.43. The number of Topliss-reactive ketones (excluding diaryl/α,β-unsaturated/α-hetero) is 1. The molecule has 174 valence electrons. The van der Waals surface area contributed by atoms with Crippen LogP contribution in [0.3, 0.4) is 0 Å². The molecule has 2 aromatic heterocycles. The number of benzene rings is 2. The maximum Gasteiger partial charge on any atom is 0.336 e. The summed E-state index contributed by atoms with van der Waals surface area (Å²) in [5.41, 5.74) is 0.0532. The van der Waals surface area contributed by atoms with E-state index >= 15 is 0 Å². The van der Waals surface area contributed by atoms with Crippen molar-refractivity contribution in [2.24, 2.45) is 0 Å². The highest BCUT2D eigenvalue weighted by Gasteiger charge is 2.18. The van der Waals surface area contributed by atoms with Gasteiger partial charge >= 0.3 is 5.69 Å². The highest BCUT2D eigenvalue weighted by atomic mass is 32.1. The van der Waals surface area contributed by atoms with Crippen molar-refractivity contribution < 1.29 is 18.4 Å². The van der Waals surface area contributed by atoms with Gasteiger partial charge in [-0.2, -0.15) is 0 Å². The summed E-state index contributed by atoms with van der Waals surface area (Å²) in [5.74, 6) is -1.62. The summed E-state index contributed by atoms with van der Waals surface area (Å²) in [6.07, 6.45) is 1.23. The number of aryl methyl sites for hydroxylation is 1. The lowest BCUT2D eigenvalue weighted by molar-refractivity contribution is 0.0952. The van der Waals surface area contributed by atoms with E-state index in [9.17, 15) is 28.0 Å². The summed E-state index contributed by atoms with van der Waals surface area (Å²) < 4.78 is 28.3. The smallest absolute Gasteiger partial charge is 0.336 e. The van der Waals surface area contributed by atoms with Crippen LogP contribution in [0.15, 0.2) is 64.3 Å². The zero-order valence-corrected chi connectivity index (χ0v) is 18.8. The minimum Gasteiger partial charge on any atom is -0.347 e. The first-order valence-electron chi connectivity index (χ1n) is 10.3. The van der Waals surface area contributed by atoms with Crippen LogP contribution >= 0.6 is 11.3 Å². The molecule has 0 aliphatic heterocycles. The summed E-state index contributed by atoms with van der Waals surface area (Å²) in [6.45, 7) is 1.56. The van der Waals surface area contributed by atoms with Crippen molar-refractivity contribution in [3.05, 3.63) is 109 Å². The number of halogens is 2. The van der Waals surface area contributed by atoms with Crippen LogP contribution in [0.4, 0.5) is 8.78 Å². The van der Waals surface area contributed by atoms with E-state index in [-0.39, 0.29) is 47.1 Å². The Balaban J connectivity index is 1.55. The number of carbonyl (C=O) groups is 2. The molecule has 0 unspecified atom stereocenters. The molecular weight excluding hydrogens is 464 g/mol. The first-order valence-corrected chi connectivity index (χ1v) is 11.1. The Kier molecular flexibility index (Phi) is 6.51. The van der Waals surface area contributed by atoms with E-state index in [2.05, 4.69) is 5.32 Å². The van der Waals surface area contributed by atoms with Crippen molar-refractivity contribution in [3.8, 4) is 0 Å². The monoisotopic (exact) mass is 483 g/mol. The van der Waals surface area contributed by atoms with Gasteiger partial charge in [-0.1, -0.05) is 12.1 Å². The van der Waals surface area contributed by atoms with Crippen molar-refractivity contribution in [2.75, 3.05) is 0 Å². The summed E-state index contributed by atoms with van der Waals surface area (Å²) in [5, 5.41) is 2.70. The minimum absolute atomic E-state index is 0.124. The van der Waals surface area contributed by atoms with Gasteiger partial charge in [-0.15, -0.1) is 11.3 Å². The molecule has 0 spiro atoms. The number of hydrogen-bond donors (Lipinski definition) is 1. The number of rotatable bonds is 7. The number of nitrogens with one attached hydrogen (secondary N) is 1. The van der Waals surface area contributed by atoms with Crippen LogP contribution < -0.4 is 16.6 Å². The molecule has 7 nitrogen and oxygen atoms in total. The van der Waals surface area contributed by atoms with E-state index in [1.54, 1.807) is 19.1 Å². The van der Waals surface area contributed by atoms with E-state index in [0.29, 0.717) is 10.4 Å². The summed E-state index contributed by atoms with van der Waals surface area (Å²) in [6, 6.07) is 10.7. The van der Waals surface area contributed by atoms with Crippen LogP contribution in [0.1, 0.15) is 37.6 Å². The second-order valence-corrected chi connectivity index (χ2v) is 8.65. The molecule has 0 aliphatic carbocycles. The largest absolute Gasteiger partial charge is 0.347 e. The van der Waals surface area contributed by atoms with E-state index in [0.717, 1.165) is 15.9 Å². The molecule has 4 aromatic rings. The Morgan fingerprint density at radius 1 is 0.971 bits per heavy atom. The molecule has 4 rings (SSSR count). The average molecular weight is 483 g/mol. The molecule has 0 radical (unpaired) electrons. The molecule has 0 saturated carbocycles. The fourth-order valence-electron chi connectivity index (χ4n) is 3.43. The highest BCUT2D eigenvalue weighted by Crippen LogP contribution is 2.18. The molecule has 34 heavy (non-hydrogen) atoms. The topological polar surface area (TPSA) is 89.7 Å². The molecule has 1 amide bonds. The maximum absolute atomic E-state index is 13.1. The Morgan fingerprint density at radius 2 is 1.59 bits per heavy atom. The van der Waals surface area contributed by atoms with Gasteiger partial charge in [-0.25, -0.2) is 13.6 Å². The molecule has 2 aromatic carbocycles. The van der Waals surface area contributed by atoms with Gasteiger partial charge in [0.25, 0.3) is 11.5 Å². The Hall–Kier alpha value is -3.92. The van der Waals surface area contributed by atoms with Gasteiger partial charge in [-0.05, 0) is 48.9 Å². The van der Waals surface area contributed by atoms with Crippen LogP contribution in [-0.4, -0.2) is 20.7 Å². The standard InChI is InChI=1S/C24H19F2N3O4S/c1-14-22(32)28(11-10-19(30)16-4-8-18(26)9-5-16)24(33)29-13-20(34-23(14)29)21(31)27-12-15-2-6-17(25)7-3-15/h2-9,13H,10-12H2,1H3,(H,27,31). The first kappa shape index (κ1) is 23.2. The molecule has 0 atom stereocenters. The number of hydrogen-bond acceptors (Lipinski definition) is 5. The van der Waals surface area contributed by atoms with Gasteiger partial charge in [0.2, 0.25) is 0 Å². The Bertz CT molecular complexity index is 1500. The number of fused-ring (bicyclic) bond motifs is 1. The molecule has 0 aliphatic rings. The zero-order valence-electron chi connectivity index (χ0n) is 18.0. The number of carbonyl (C=O) groups excluding carboxylic acids is 2. The summed E-state index contributed by atoms with van der Waals surface area (Å²) in [4.78, 5) is 51.3. The Morgan fingerprint density at radius 3 is 2.24 bits per heavy atom. The second kappa shape index (κ2) is 9.52. The lowest BCUT2D eigenvalue weighted by Gasteiger charge is -2.07. The molecule has 1 N–H and O–H groups in total. The summed E-state index contributed by atoms with van der Waals surface area (Å²) >= 11 is 1.00. The van der Waals surface area contributed by atoms with Gasteiger partial charge < -0.3 is 5.32 Å². The fraction of sp³-hybridized carbons (Fsp3) is 0.167. The van der Waals surface area contributed by atoms with Crippen LogP contribution in [-0.2, 0) is 13.1 Å². The maximum atomic E-state index is 13.1. The molecule has 0 saturated heterocycles. The third kappa shape index (κ3) is 4.72. The van der Waals surface area contributed by atoms with E-state index in [1.807, 2.05) is 0 Å². The highest BCUT2D eigenvalue weighted by molar-refractivity contribution is 7.19. The SMILES string of the molecule is Cc1c(=O)n(CCC(=O)c2ccc(F)cc2)c(=O)n2cc(C(=O)NCc3ccc(F)cc3)sc12. The first-order chi connectivity index (χ1) is 16.2. The van der Waals surface area contributed by atoms with E-state index < -0.39 is 23.0 Å². The predicted octanol–water partition coefficient (Wildman–Crippen LogP) is 3.31. The van der Waals surface area contributed by atoms with E-state index in [4.69, 9.17) is 0 Å². The van der Waals surface area contributed by atoms with Gasteiger partial charge in [-0.3, -0.25) is 23.4 Å². The number of ketones is 1. The zero-order chi connectivity index (χ0) is 24.4. The third-order valence-electron chi connectivity index (χ3n) is 5.31. The van der Waals surface area contributed by atoms with Crippen LogP contribution in [0.25, 0.3) is 4.83 Å². The normalized spacial score (nSPS) is 11.0. The minimum atomic E-state index is -0.661. The second-order valence-electron chi connectivity index (χ2n) is 7.62. The summed E-state index contributed by atoms with van der Waals surface area (Å²) in [7, 11) is 0. The third-order valence-corrected chi connectivity index (χ3v) is 6.52. The predicted molar refractivity (Wildman–Crippen MR) is 123 cm³/mol. The lowest BCUT2D eigenvalue weighted by Crippen LogP contribution is -2.38. The van der Waals surface area contributed by atoms with Gasteiger partial charge in [0.05, 0.1) is 0 Å². The number of nitrogens with zero attached hydrogens (tertiary/aromatic N) is 2. The molecule has 10 heteroatoms. The molecule has 0 bridgehead atoms. The van der Waals surface area contributed by atoms with Crippen molar-refractivity contribution >= 4 is 27.9 Å². The molecule has 0 fully saturated rings. The quantitative estimate of drug-likeness (QED) is 0.409. The number of thiazole rings is 1. The van der Waals surface area contributed by atoms with Crippen molar-refractivity contribution in [1.82, 2.24) is 14.3 Å². The van der Waals surface area contributed by atoms with Crippen molar-refractivity contribution in [3.63, 3.8) is 0 Å². The number of aromatic nitrogens is 2. The Labute approximate surface area is 195 Å². The van der Waals surface area contributed by atoms with Gasteiger partial charge in [0.15, 0.2) is 5.78 Å². The average Bonchev–Trinajstić information content (AvgIpc) is 3.28. The lowest BCUT2D eigenvalue weighted by atomic mass is 10.1. The van der Waals surface area contributed by atoms with Crippen LogP contribution in [0.5, 0.6) is 0 Å².